The zero-order chi connectivity index (χ0) is 53.6. The van der Waals surface area contributed by atoms with Crippen LogP contribution in [0.2, 0.25) is 55.9 Å². The normalized spacial score (nSPS) is 31.7. The first kappa shape index (κ1) is 62.2. The Balaban J connectivity index is 0.000000302. The molecular formula is C63H116O6Si3. The van der Waals surface area contributed by atoms with E-state index < -0.39 is 30.6 Å². The van der Waals surface area contributed by atoms with Gasteiger partial charge in [-0.1, -0.05) is 114 Å². The van der Waals surface area contributed by atoms with Gasteiger partial charge in [0.05, 0.1) is 35.6 Å². The molecular weight excluding hydrogens is 937 g/mol. The molecule has 0 aromatic rings. The molecule has 6 aliphatic rings. The standard InChI is InChI=1S/C39H76O3Si3.C24H40O3/c1-36(2,3)44(12,13)40-34-26-33(27-35(28-34)41-45(14,15)37(4,5)6)21-20-31-19-17-24-39(29-31)25-22-32(30-39)18-16-23-38(7,8)42-43(9,10)11;1-23(2,27)10-3-5-19-9-12-24(17-19)11-4-6-18(16-24)7-8-20-13-21(25)15-22(26)14-20/h20-21,32,34-35H,16-19,22-30H2,1-15H3;7-8,19,21-22,25-27H,3-6,9-17H2,1-2H3/b31-20+;18-7+/t32-,34+,35+,39+;19-,21+,22+,24+/m00/s1. The smallest absolute Gasteiger partial charge is 0.192 e. The second-order valence-corrected chi connectivity index (χ2v) is 44.7. The monoisotopic (exact) mass is 1050 g/mol. The Morgan fingerprint density at radius 2 is 0.944 bits per heavy atom. The first-order chi connectivity index (χ1) is 33.0. The Morgan fingerprint density at radius 1 is 0.542 bits per heavy atom. The van der Waals surface area contributed by atoms with Gasteiger partial charge in [0.25, 0.3) is 0 Å². The minimum atomic E-state index is -1.85. The number of allylic oxidation sites excluding steroid dienone is 6. The molecule has 6 rings (SSSR count). The average molecular weight is 1050 g/mol. The van der Waals surface area contributed by atoms with Crippen molar-refractivity contribution in [3.05, 3.63) is 46.6 Å². The molecule has 6 aliphatic carbocycles. The van der Waals surface area contributed by atoms with Crippen molar-refractivity contribution < 1.29 is 28.6 Å². The molecule has 0 heterocycles. The summed E-state index contributed by atoms with van der Waals surface area (Å²) in [7, 11) is -5.21. The summed E-state index contributed by atoms with van der Waals surface area (Å²) in [6.07, 6.45) is 40.6. The first-order valence-electron chi connectivity index (χ1n) is 29.9. The highest BCUT2D eigenvalue weighted by Gasteiger charge is 2.45. The maximum Gasteiger partial charge on any atom is 0.192 e. The van der Waals surface area contributed by atoms with Gasteiger partial charge in [0.2, 0.25) is 0 Å². The molecule has 0 aromatic carbocycles. The zero-order valence-electron chi connectivity index (χ0n) is 50.2. The summed E-state index contributed by atoms with van der Waals surface area (Å²) >= 11 is 0. The Labute approximate surface area is 448 Å². The summed E-state index contributed by atoms with van der Waals surface area (Å²) in [4.78, 5) is 0. The van der Waals surface area contributed by atoms with E-state index in [1.807, 2.05) is 13.8 Å². The predicted molar refractivity (Wildman–Crippen MR) is 315 cm³/mol. The number of aliphatic hydroxyl groups is 3. The molecule has 8 atom stereocenters. The van der Waals surface area contributed by atoms with E-state index in [9.17, 15) is 15.3 Å². The van der Waals surface area contributed by atoms with Crippen LogP contribution >= 0.6 is 0 Å². The third-order valence-electron chi connectivity index (χ3n) is 19.3. The summed E-state index contributed by atoms with van der Waals surface area (Å²) in [6.45, 7) is 39.2. The summed E-state index contributed by atoms with van der Waals surface area (Å²) in [5.41, 5.74) is 6.61. The molecule has 3 N–H and O–H groups in total. The van der Waals surface area contributed by atoms with Crippen molar-refractivity contribution in [1.29, 1.82) is 0 Å². The SMILES string of the molecule is CC(C)(CCC[C@H]1CC[C@@]2(CCC/C(=C\C=C3C[C@@H](O[Si](C)(C)C(C)(C)C)C[C@H](O[Si](C)(C)C(C)(C)C)C3)C2)C1)O[Si](C)(C)C.CC(C)(O)CCC[C@H]1CC[C@@]2(CCC/C(=C\C=C3C[C@@H](O)C[C@H](O)C3)C2)C1. The van der Waals surface area contributed by atoms with E-state index in [-0.39, 0.29) is 40.1 Å². The molecule has 0 amide bonds. The van der Waals surface area contributed by atoms with E-state index in [0.717, 1.165) is 56.8 Å². The maximum absolute atomic E-state index is 9.92. The van der Waals surface area contributed by atoms with Crippen LogP contribution in [-0.2, 0) is 13.3 Å². The highest BCUT2D eigenvalue weighted by atomic mass is 28.4. The van der Waals surface area contributed by atoms with Gasteiger partial charge in [-0.2, -0.15) is 0 Å². The van der Waals surface area contributed by atoms with Gasteiger partial charge >= 0.3 is 0 Å². The third kappa shape index (κ3) is 20.0. The Kier molecular flexibility index (Phi) is 21.6. The van der Waals surface area contributed by atoms with E-state index >= 15 is 0 Å². The van der Waals surface area contributed by atoms with Crippen molar-refractivity contribution in [2.24, 2.45) is 22.7 Å². The van der Waals surface area contributed by atoms with E-state index in [1.165, 1.54) is 121 Å². The summed E-state index contributed by atoms with van der Waals surface area (Å²) < 4.78 is 20.6. The first-order valence-corrected chi connectivity index (χ1v) is 39.2. The molecule has 0 aromatic heterocycles. The second-order valence-electron chi connectivity index (χ2n) is 30.7. The van der Waals surface area contributed by atoms with Crippen LogP contribution in [0, 0.1) is 22.7 Å². The van der Waals surface area contributed by atoms with Crippen LogP contribution in [0.3, 0.4) is 0 Å². The number of hydrogen-bond acceptors (Lipinski definition) is 6. The lowest BCUT2D eigenvalue weighted by Gasteiger charge is -2.45. The van der Waals surface area contributed by atoms with Crippen molar-refractivity contribution in [2.75, 3.05) is 0 Å². The van der Waals surface area contributed by atoms with E-state index in [0.29, 0.717) is 17.3 Å². The quantitative estimate of drug-likeness (QED) is 0.134. The van der Waals surface area contributed by atoms with E-state index in [2.05, 4.69) is 126 Å². The molecule has 416 valence electrons. The number of hydrogen-bond donors (Lipinski definition) is 3. The number of rotatable bonds is 16. The number of aliphatic hydroxyl groups excluding tert-OH is 2. The van der Waals surface area contributed by atoms with Gasteiger partial charge in [0, 0.05) is 0 Å². The van der Waals surface area contributed by atoms with Crippen LogP contribution in [0.5, 0.6) is 0 Å². The van der Waals surface area contributed by atoms with Gasteiger partial charge in [0.1, 0.15) is 0 Å². The van der Waals surface area contributed by atoms with Gasteiger partial charge in [-0.25, -0.2) is 0 Å². The fourth-order valence-corrected chi connectivity index (χ4v) is 18.3. The van der Waals surface area contributed by atoms with Crippen molar-refractivity contribution in [3.63, 3.8) is 0 Å². The summed E-state index contributed by atoms with van der Waals surface area (Å²) in [6, 6.07) is 0. The van der Waals surface area contributed by atoms with Crippen LogP contribution in [-0.4, -0.2) is 75.9 Å². The van der Waals surface area contributed by atoms with Gasteiger partial charge < -0.3 is 28.6 Å². The second kappa shape index (κ2) is 25.0. The summed E-state index contributed by atoms with van der Waals surface area (Å²) in [5, 5.41) is 30.1. The molecule has 6 nitrogen and oxygen atoms in total. The van der Waals surface area contributed by atoms with Crippen molar-refractivity contribution in [2.45, 2.75) is 328 Å². The highest BCUT2D eigenvalue weighted by Crippen LogP contribution is 2.55. The molecule has 0 aliphatic heterocycles. The van der Waals surface area contributed by atoms with Crippen molar-refractivity contribution in [3.8, 4) is 0 Å². The Hall–Kier alpha value is -0.629. The molecule has 0 bridgehead atoms. The van der Waals surface area contributed by atoms with Crippen LogP contribution in [0.1, 0.15) is 236 Å². The van der Waals surface area contributed by atoms with Crippen molar-refractivity contribution >= 4 is 25.0 Å². The van der Waals surface area contributed by atoms with Gasteiger partial charge in [-0.15, -0.1) is 0 Å². The van der Waals surface area contributed by atoms with Crippen LogP contribution < -0.4 is 0 Å². The average Bonchev–Trinajstić information content (AvgIpc) is 3.78. The largest absolute Gasteiger partial charge is 0.414 e. The minimum absolute atomic E-state index is 0.0254. The lowest BCUT2D eigenvalue weighted by atomic mass is 9.70. The van der Waals surface area contributed by atoms with E-state index in [4.69, 9.17) is 13.3 Å². The third-order valence-corrected chi connectivity index (χ3v) is 29.5. The summed E-state index contributed by atoms with van der Waals surface area (Å²) in [5.74, 6) is 1.75. The van der Waals surface area contributed by atoms with Crippen LogP contribution in [0.25, 0.3) is 0 Å². The lowest BCUT2D eigenvalue weighted by molar-refractivity contribution is 0.0608. The molecule has 2 spiro atoms. The molecule has 0 saturated heterocycles. The molecule has 9 heteroatoms. The van der Waals surface area contributed by atoms with Gasteiger partial charge in [0.15, 0.2) is 25.0 Å². The lowest BCUT2D eigenvalue weighted by Crippen LogP contribution is -2.48. The fraction of sp³-hybridized carbons (Fsp3) is 0.873. The molecule has 6 saturated carbocycles. The Bertz CT molecular complexity index is 1800. The zero-order valence-corrected chi connectivity index (χ0v) is 53.2. The maximum atomic E-state index is 9.92. The predicted octanol–water partition coefficient (Wildman–Crippen LogP) is 18.0. The van der Waals surface area contributed by atoms with Gasteiger partial charge in [-0.3, -0.25) is 0 Å². The van der Waals surface area contributed by atoms with Gasteiger partial charge in [-0.05, 0) is 248 Å². The van der Waals surface area contributed by atoms with E-state index in [1.54, 1.807) is 16.7 Å². The molecule has 0 unspecified atom stereocenters. The molecule has 0 radical (unpaired) electrons. The van der Waals surface area contributed by atoms with Crippen molar-refractivity contribution in [1.82, 2.24) is 0 Å². The van der Waals surface area contributed by atoms with Crippen LogP contribution in [0.15, 0.2) is 46.6 Å². The topological polar surface area (TPSA) is 88.4 Å². The molecule has 6 fully saturated rings. The Morgan fingerprint density at radius 3 is 1.35 bits per heavy atom. The minimum Gasteiger partial charge on any atom is -0.414 e. The molecule has 72 heavy (non-hydrogen) atoms. The van der Waals surface area contributed by atoms with Crippen LogP contribution in [0.4, 0.5) is 0 Å². The fourth-order valence-electron chi connectivity index (χ4n) is 13.8. The highest BCUT2D eigenvalue weighted by molar-refractivity contribution is 6.74.